The molecule has 1 aromatic rings. The van der Waals surface area contributed by atoms with E-state index in [0.717, 1.165) is 20.5 Å². The van der Waals surface area contributed by atoms with Gasteiger partial charge in [0.25, 0.3) is 0 Å². The molecule has 0 N–H and O–H groups in total. The molecule has 1 aliphatic rings. The molecule has 0 radical (unpaired) electrons. The number of fused-ring (bicyclic) bond motifs is 1. The fourth-order valence-electron chi connectivity index (χ4n) is 3.67. The van der Waals surface area contributed by atoms with Crippen molar-refractivity contribution < 1.29 is 4.39 Å². The zero-order chi connectivity index (χ0) is 16.3. The molecule has 0 aliphatic carbocycles. The van der Waals surface area contributed by atoms with E-state index >= 15 is 4.39 Å². The van der Waals surface area contributed by atoms with E-state index in [1.54, 1.807) is 6.92 Å². The molecule has 0 bridgehead atoms. The first kappa shape index (κ1) is 19.5. The topological polar surface area (TPSA) is 16.1 Å². The quantitative estimate of drug-likeness (QED) is 0.174. The SMILES string of the molecule is Cc1nc(I)c(C)c2c1[C](C)([K])C(I)N(C(C)C)C2(C)F. The summed E-state index contributed by atoms with van der Waals surface area (Å²) in [6, 6.07) is 0.169. The van der Waals surface area contributed by atoms with Crippen LogP contribution in [0.3, 0.4) is 0 Å². The Labute approximate surface area is 188 Å². The van der Waals surface area contributed by atoms with Crippen LogP contribution in [0.15, 0.2) is 0 Å². The van der Waals surface area contributed by atoms with E-state index < -0.39 is 5.79 Å². The maximum absolute atomic E-state index is 15.9. The third kappa shape index (κ3) is 3.06. The van der Waals surface area contributed by atoms with Crippen molar-refractivity contribution in [1.29, 1.82) is 0 Å². The summed E-state index contributed by atoms with van der Waals surface area (Å²) in [6.07, 6.45) is 0. The van der Waals surface area contributed by atoms with Gasteiger partial charge in [0.15, 0.2) is 0 Å². The Hall–Kier alpha value is 2.14. The first-order chi connectivity index (χ1) is 9.44. The molecule has 2 heterocycles. The first-order valence-corrected chi connectivity index (χ1v) is 11.1. The number of rotatable bonds is 1. The summed E-state index contributed by atoms with van der Waals surface area (Å²) in [5.74, 6) is -1.44. The molecule has 0 fully saturated rings. The van der Waals surface area contributed by atoms with Crippen LogP contribution in [0.25, 0.3) is 0 Å². The summed E-state index contributed by atoms with van der Waals surface area (Å²) in [5, 5.41) is 0. The van der Waals surface area contributed by atoms with Gasteiger partial charge in [0.05, 0.1) is 0 Å². The molecule has 0 aromatic carbocycles. The second-order valence-corrected chi connectivity index (χ2v) is 12.3. The molecule has 1 aliphatic heterocycles. The van der Waals surface area contributed by atoms with Gasteiger partial charge in [-0.1, -0.05) is 0 Å². The monoisotopic (exact) mass is 540 g/mol. The van der Waals surface area contributed by atoms with Crippen molar-refractivity contribution >= 4 is 94.1 Å². The molecule has 6 heteroatoms. The average Bonchev–Trinajstić information content (AvgIpc) is 2.30. The normalized spacial score (nSPS) is 33.4. The number of halogens is 3. The van der Waals surface area contributed by atoms with Crippen molar-refractivity contribution in [3.05, 3.63) is 26.1 Å². The molecule has 0 spiro atoms. The third-order valence-electron chi connectivity index (χ3n) is 4.54. The van der Waals surface area contributed by atoms with Crippen LogP contribution in [0.5, 0.6) is 0 Å². The van der Waals surface area contributed by atoms with Gasteiger partial charge in [0, 0.05) is 0 Å². The van der Waals surface area contributed by atoms with E-state index in [9.17, 15) is 0 Å². The number of pyridine rings is 1. The molecule has 0 saturated heterocycles. The molecular weight excluding hydrogens is 520 g/mol. The van der Waals surface area contributed by atoms with Gasteiger partial charge in [0.2, 0.25) is 0 Å². The summed E-state index contributed by atoms with van der Waals surface area (Å²) in [7, 11) is 0. The molecule has 0 amide bonds. The summed E-state index contributed by atoms with van der Waals surface area (Å²) in [5.41, 5.74) is 4.05. The minimum atomic E-state index is -1.44. The molecule has 3 atom stereocenters. The van der Waals surface area contributed by atoms with Gasteiger partial charge in [-0.15, -0.1) is 0 Å². The van der Waals surface area contributed by atoms with Gasteiger partial charge < -0.3 is 0 Å². The predicted octanol–water partition coefficient (Wildman–Crippen LogP) is 4.31. The standard InChI is InChI=1S/C15H20FI2N2.K/c1-7(2)20-14(18)8(3)11-10(5)19-13(17)9(4)12(11)15(20,6)16;/h7,14H,1-6H3;. The van der Waals surface area contributed by atoms with Crippen LogP contribution in [0, 0.1) is 17.5 Å². The number of hydrogen-bond acceptors (Lipinski definition) is 2. The van der Waals surface area contributed by atoms with Crippen LogP contribution in [0.1, 0.15) is 50.1 Å². The molecule has 0 saturated carbocycles. The average molecular weight is 540 g/mol. The van der Waals surface area contributed by atoms with Crippen LogP contribution in [0.2, 0.25) is 0 Å². The molecule has 1 aromatic heterocycles. The van der Waals surface area contributed by atoms with Crippen LogP contribution >= 0.6 is 45.2 Å². The Morgan fingerprint density at radius 1 is 1.29 bits per heavy atom. The van der Waals surface area contributed by atoms with Gasteiger partial charge in [-0.05, 0) is 0 Å². The summed E-state index contributed by atoms with van der Waals surface area (Å²) >= 11 is 5.21. The summed E-state index contributed by atoms with van der Waals surface area (Å²) < 4.78 is 17.0. The second kappa shape index (κ2) is 6.46. The van der Waals surface area contributed by atoms with E-state index in [4.69, 9.17) is 0 Å². The van der Waals surface area contributed by atoms with E-state index in [-0.39, 0.29) is 9.60 Å². The Bertz CT molecular complexity index is 588. The molecule has 112 valence electrons. The Morgan fingerprint density at radius 2 is 1.81 bits per heavy atom. The van der Waals surface area contributed by atoms with Gasteiger partial charge in [-0.2, -0.15) is 0 Å². The first-order valence-electron chi connectivity index (χ1n) is 7.23. The van der Waals surface area contributed by atoms with E-state index in [1.165, 1.54) is 5.56 Å². The zero-order valence-electron chi connectivity index (χ0n) is 13.7. The van der Waals surface area contributed by atoms with Crippen molar-refractivity contribution in [3.63, 3.8) is 0 Å². The fraction of sp³-hybridized carbons (Fsp3) is 0.667. The van der Waals surface area contributed by atoms with Gasteiger partial charge in [-0.3, -0.25) is 0 Å². The molecule has 21 heavy (non-hydrogen) atoms. The van der Waals surface area contributed by atoms with Crippen LogP contribution in [-0.2, 0) is 5.30 Å². The van der Waals surface area contributed by atoms with Gasteiger partial charge >= 0.3 is 191 Å². The molecular formula is C15H20FI2KN2. The third-order valence-corrected chi connectivity index (χ3v) is 11.2. The predicted molar refractivity (Wildman–Crippen MR) is 103 cm³/mol. The molecule has 2 nitrogen and oxygen atoms in total. The number of hydrogen-bond donors (Lipinski definition) is 0. The van der Waals surface area contributed by atoms with Gasteiger partial charge in [0.1, 0.15) is 0 Å². The van der Waals surface area contributed by atoms with E-state index in [0.29, 0.717) is 49.0 Å². The molecule has 2 rings (SSSR count). The Morgan fingerprint density at radius 3 is 2.29 bits per heavy atom. The Kier molecular flexibility index (Phi) is 5.98. The maximum atomic E-state index is 15.9. The number of alkyl halides is 2. The Balaban J connectivity index is 2.90. The van der Waals surface area contributed by atoms with E-state index in [2.05, 4.69) is 70.9 Å². The van der Waals surface area contributed by atoms with Crippen LogP contribution in [-0.4, -0.2) is 68.9 Å². The summed E-state index contributed by atoms with van der Waals surface area (Å²) in [4.78, 5) is 6.73. The molecule has 3 unspecified atom stereocenters. The van der Waals surface area contributed by atoms with Crippen molar-refractivity contribution in [3.8, 4) is 0 Å². The number of aryl methyl sites for hydroxylation is 1. The second-order valence-electron chi connectivity index (χ2n) is 6.87. The van der Waals surface area contributed by atoms with Crippen LogP contribution < -0.4 is 0 Å². The number of aromatic nitrogens is 1. The van der Waals surface area contributed by atoms with Crippen molar-refractivity contribution in [1.82, 2.24) is 9.88 Å². The van der Waals surface area contributed by atoms with Crippen LogP contribution in [0.4, 0.5) is 4.39 Å². The van der Waals surface area contributed by atoms with Gasteiger partial charge in [-0.25, -0.2) is 0 Å². The van der Waals surface area contributed by atoms with E-state index in [1.807, 2.05) is 18.7 Å². The van der Waals surface area contributed by atoms with Crippen molar-refractivity contribution in [2.45, 2.75) is 56.9 Å². The minimum absolute atomic E-state index is 0.0466. The summed E-state index contributed by atoms with van der Waals surface area (Å²) in [6.45, 7) is 12.2. The number of nitrogens with zero attached hydrogens (tertiary/aromatic N) is 2. The van der Waals surface area contributed by atoms with Crippen molar-refractivity contribution in [2.75, 3.05) is 0 Å². The fourth-order valence-corrected chi connectivity index (χ4v) is 7.17. The zero-order valence-corrected chi connectivity index (χ0v) is 21.1. The van der Waals surface area contributed by atoms with Crippen molar-refractivity contribution in [2.24, 2.45) is 0 Å².